The number of ether oxygens (including phenoxy) is 4. The maximum absolute atomic E-state index is 12.5. The minimum atomic E-state index is -3.70. The molecule has 0 aliphatic heterocycles. The number of methoxy groups -OCH3 is 4. The first-order valence-corrected chi connectivity index (χ1v) is 11.7. The third-order valence-corrected chi connectivity index (χ3v) is 5.92. The molecule has 172 valence electrons. The Kier molecular flexibility index (Phi) is 6.63. The van der Waals surface area contributed by atoms with Crippen LogP contribution in [0.1, 0.15) is 25.3 Å². The van der Waals surface area contributed by atoms with Crippen molar-refractivity contribution < 1.29 is 27.4 Å². The Hall–Kier alpha value is -3.27. The topological polar surface area (TPSA) is 102 Å². The van der Waals surface area contributed by atoms with E-state index in [1.165, 1.54) is 18.8 Å². The Labute approximate surface area is 187 Å². The number of hydrogen-bond donors (Lipinski definition) is 0. The molecule has 32 heavy (non-hydrogen) atoms. The van der Waals surface area contributed by atoms with Gasteiger partial charge in [0.2, 0.25) is 15.6 Å². The van der Waals surface area contributed by atoms with Crippen molar-refractivity contribution in [2.24, 2.45) is 0 Å². The van der Waals surface area contributed by atoms with Gasteiger partial charge < -0.3 is 18.9 Å². The molecule has 0 spiro atoms. The molecule has 3 rings (SSSR count). The van der Waals surface area contributed by atoms with Gasteiger partial charge in [0.05, 0.1) is 39.7 Å². The van der Waals surface area contributed by atoms with Gasteiger partial charge in [-0.2, -0.15) is 0 Å². The van der Waals surface area contributed by atoms with E-state index in [1.807, 2.05) is 19.9 Å². The molecular formula is C22H27N3O6S. The monoisotopic (exact) mass is 461 g/mol. The summed E-state index contributed by atoms with van der Waals surface area (Å²) in [6, 6.07) is 8.79. The molecule has 0 amide bonds. The van der Waals surface area contributed by atoms with Gasteiger partial charge in [-0.3, -0.25) is 4.57 Å². The number of rotatable bonds is 8. The normalized spacial score (nSPS) is 11.5. The second kappa shape index (κ2) is 9.07. The van der Waals surface area contributed by atoms with Gasteiger partial charge in [0.15, 0.2) is 17.3 Å². The van der Waals surface area contributed by atoms with Crippen LogP contribution in [0.5, 0.6) is 23.0 Å². The smallest absolute Gasteiger partial charge is 0.254 e. The Morgan fingerprint density at radius 1 is 0.844 bits per heavy atom. The van der Waals surface area contributed by atoms with Gasteiger partial charge in [0.1, 0.15) is 5.75 Å². The van der Waals surface area contributed by atoms with Crippen LogP contribution in [0.15, 0.2) is 35.5 Å². The number of nitrogens with zero attached hydrogens (tertiary/aromatic N) is 3. The Bertz CT molecular complexity index is 1220. The quantitative estimate of drug-likeness (QED) is 0.502. The van der Waals surface area contributed by atoms with Crippen molar-refractivity contribution >= 4 is 9.84 Å². The van der Waals surface area contributed by atoms with E-state index in [2.05, 4.69) is 10.2 Å². The van der Waals surface area contributed by atoms with Crippen LogP contribution >= 0.6 is 0 Å². The molecule has 0 N–H and O–H groups in total. The van der Waals surface area contributed by atoms with E-state index in [0.29, 0.717) is 34.2 Å². The Morgan fingerprint density at radius 2 is 1.44 bits per heavy atom. The molecule has 1 heterocycles. The van der Waals surface area contributed by atoms with Gasteiger partial charge >= 0.3 is 0 Å². The second-order valence-corrected chi connectivity index (χ2v) is 9.29. The highest BCUT2D eigenvalue weighted by molar-refractivity contribution is 7.90. The summed E-state index contributed by atoms with van der Waals surface area (Å²) in [5.74, 6) is 2.29. The standard InChI is InChI=1S/C22H27N3O6S/c1-13(2)16-12-17(19(30-5)20(31-6)18(16)29-4)21-23-24-22(32(7,26)27)25(21)14-8-10-15(28-3)11-9-14/h8-13H,1-7H3. The Balaban J connectivity index is 2.42. The largest absolute Gasteiger partial charge is 0.497 e. The summed E-state index contributed by atoms with van der Waals surface area (Å²) in [7, 11) is 2.44. The fourth-order valence-electron chi connectivity index (χ4n) is 3.49. The van der Waals surface area contributed by atoms with Gasteiger partial charge in [-0.25, -0.2) is 8.42 Å². The molecule has 9 nitrogen and oxygen atoms in total. The van der Waals surface area contributed by atoms with E-state index in [-0.39, 0.29) is 16.9 Å². The molecule has 10 heteroatoms. The average Bonchev–Trinajstić information content (AvgIpc) is 3.22. The van der Waals surface area contributed by atoms with Crippen molar-refractivity contribution in [1.82, 2.24) is 14.8 Å². The van der Waals surface area contributed by atoms with Crippen LogP contribution in [0.3, 0.4) is 0 Å². The zero-order valence-electron chi connectivity index (χ0n) is 19.2. The lowest BCUT2D eigenvalue weighted by Crippen LogP contribution is -2.10. The van der Waals surface area contributed by atoms with E-state index in [9.17, 15) is 8.42 Å². The fraction of sp³-hybridized carbons (Fsp3) is 0.364. The summed E-state index contributed by atoms with van der Waals surface area (Å²) in [5, 5.41) is 8.04. The molecule has 0 saturated heterocycles. The summed E-state index contributed by atoms with van der Waals surface area (Å²) < 4.78 is 48.6. The first-order valence-electron chi connectivity index (χ1n) is 9.81. The van der Waals surface area contributed by atoms with Crippen molar-refractivity contribution in [3.8, 4) is 40.1 Å². The van der Waals surface area contributed by atoms with Crippen LogP contribution in [0.25, 0.3) is 17.1 Å². The number of hydrogen-bond acceptors (Lipinski definition) is 8. The Morgan fingerprint density at radius 3 is 1.91 bits per heavy atom. The predicted molar refractivity (Wildman–Crippen MR) is 120 cm³/mol. The molecule has 0 aliphatic rings. The first kappa shape index (κ1) is 23.4. The van der Waals surface area contributed by atoms with Crippen molar-refractivity contribution in [2.75, 3.05) is 34.7 Å². The van der Waals surface area contributed by atoms with E-state index in [1.54, 1.807) is 38.5 Å². The molecule has 0 radical (unpaired) electrons. The average molecular weight is 462 g/mol. The van der Waals surface area contributed by atoms with E-state index in [4.69, 9.17) is 18.9 Å². The van der Waals surface area contributed by atoms with Gasteiger partial charge in [-0.1, -0.05) is 13.8 Å². The maximum Gasteiger partial charge on any atom is 0.254 e. The summed E-state index contributed by atoms with van der Waals surface area (Å²) in [5.41, 5.74) is 1.92. The fourth-order valence-corrected chi connectivity index (χ4v) is 4.20. The van der Waals surface area contributed by atoms with E-state index in [0.717, 1.165) is 11.8 Å². The number of aromatic nitrogens is 3. The predicted octanol–water partition coefficient (Wildman–Crippen LogP) is 3.50. The van der Waals surface area contributed by atoms with Crippen LogP contribution in [0, 0.1) is 0 Å². The van der Waals surface area contributed by atoms with Crippen LogP contribution < -0.4 is 18.9 Å². The van der Waals surface area contributed by atoms with Gasteiger partial charge in [0.25, 0.3) is 5.16 Å². The molecule has 1 aromatic heterocycles. The van der Waals surface area contributed by atoms with E-state index < -0.39 is 9.84 Å². The number of benzene rings is 2. The highest BCUT2D eigenvalue weighted by Gasteiger charge is 2.29. The van der Waals surface area contributed by atoms with Crippen LogP contribution in [-0.4, -0.2) is 57.9 Å². The summed E-state index contributed by atoms with van der Waals surface area (Å²) in [6.07, 6.45) is 1.09. The third-order valence-electron chi connectivity index (χ3n) is 4.99. The van der Waals surface area contributed by atoms with Crippen molar-refractivity contribution in [1.29, 1.82) is 0 Å². The van der Waals surface area contributed by atoms with Crippen LogP contribution in [-0.2, 0) is 9.84 Å². The van der Waals surface area contributed by atoms with Crippen LogP contribution in [0.2, 0.25) is 0 Å². The lowest BCUT2D eigenvalue weighted by Gasteiger charge is -2.21. The lowest BCUT2D eigenvalue weighted by atomic mass is 9.97. The summed E-state index contributed by atoms with van der Waals surface area (Å²) >= 11 is 0. The van der Waals surface area contributed by atoms with Crippen molar-refractivity contribution in [2.45, 2.75) is 24.9 Å². The zero-order valence-corrected chi connectivity index (χ0v) is 20.0. The minimum absolute atomic E-state index is 0.0789. The molecule has 0 atom stereocenters. The molecule has 0 aliphatic carbocycles. The maximum atomic E-state index is 12.5. The van der Waals surface area contributed by atoms with Gasteiger partial charge in [0, 0.05) is 11.8 Å². The summed E-state index contributed by atoms with van der Waals surface area (Å²) in [4.78, 5) is 0. The molecule has 3 aromatic rings. The molecule has 0 bridgehead atoms. The molecular weight excluding hydrogens is 434 g/mol. The molecule has 2 aromatic carbocycles. The first-order chi connectivity index (χ1) is 15.2. The highest BCUT2D eigenvalue weighted by Crippen LogP contribution is 2.48. The molecule has 0 fully saturated rings. The SMILES string of the molecule is COc1ccc(-n2c(-c3cc(C(C)C)c(OC)c(OC)c3OC)nnc2S(C)(=O)=O)cc1. The molecule has 0 saturated carbocycles. The zero-order chi connectivity index (χ0) is 23.6. The third kappa shape index (κ3) is 4.10. The number of sulfone groups is 1. The van der Waals surface area contributed by atoms with Crippen molar-refractivity contribution in [3.63, 3.8) is 0 Å². The minimum Gasteiger partial charge on any atom is -0.497 e. The lowest BCUT2D eigenvalue weighted by molar-refractivity contribution is 0.322. The van der Waals surface area contributed by atoms with Gasteiger partial charge in [-0.05, 0) is 36.2 Å². The van der Waals surface area contributed by atoms with Gasteiger partial charge in [-0.15, -0.1) is 10.2 Å². The highest BCUT2D eigenvalue weighted by atomic mass is 32.2. The van der Waals surface area contributed by atoms with Crippen molar-refractivity contribution in [3.05, 3.63) is 35.9 Å². The second-order valence-electron chi connectivity index (χ2n) is 7.38. The van der Waals surface area contributed by atoms with Crippen LogP contribution in [0.4, 0.5) is 0 Å². The van der Waals surface area contributed by atoms with E-state index >= 15 is 0 Å². The molecule has 0 unspecified atom stereocenters. The summed E-state index contributed by atoms with van der Waals surface area (Å²) in [6.45, 7) is 4.04.